The van der Waals surface area contributed by atoms with E-state index in [0.29, 0.717) is 12.1 Å². The van der Waals surface area contributed by atoms with E-state index in [1.807, 2.05) is 0 Å². The summed E-state index contributed by atoms with van der Waals surface area (Å²) in [5, 5.41) is 12.6. The van der Waals surface area contributed by atoms with Crippen molar-refractivity contribution in [3.05, 3.63) is 63.1 Å². The quantitative estimate of drug-likeness (QED) is 0.676. The summed E-state index contributed by atoms with van der Waals surface area (Å²) >= 11 is 0. The van der Waals surface area contributed by atoms with E-state index in [1.165, 1.54) is 0 Å². The molecule has 0 spiro atoms. The Labute approximate surface area is 124 Å². The summed E-state index contributed by atoms with van der Waals surface area (Å²) in [5.74, 6) is 0. The third-order valence-corrected chi connectivity index (χ3v) is 2.89. The minimum Gasteiger partial charge on any atom is -0.411 e. The number of nitrogens with zero attached hydrogens (tertiary/aromatic N) is 2. The number of hydrogen-bond donors (Lipinski definition) is 1. The number of rotatable bonds is 2. The Morgan fingerprint density at radius 3 is 1.96 bits per heavy atom. The molecule has 0 amide bonds. The Hall–Kier alpha value is -2.52. The number of hydrogen-bond acceptors (Lipinski definition) is 3. The lowest BCUT2D eigenvalue weighted by molar-refractivity contribution is -0.143. The number of alkyl halides is 6. The summed E-state index contributed by atoms with van der Waals surface area (Å²) in [6, 6.07) is 1.90. The molecular weight excluding hydrogens is 330 g/mol. The van der Waals surface area contributed by atoms with Crippen LogP contribution in [-0.2, 0) is 18.8 Å². The first-order chi connectivity index (χ1) is 10.5. The Bertz CT molecular complexity index is 747. The van der Waals surface area contributed by atoms with Crippen molar-refractivity contribution in [2.75, 3.05) is 0 Å². The lowest BCUT2D eigenvalue weighted by Gasteiger charge is -2.14. The topological polar surface area (TPSA) is 55.1 Å². The lowest BCUT2D eigenvalue weighted by Crippen LogP contribution is -2.15. The van der Waals surface area contributed by atoms with Gasteiger partial charge in [-0.2, -0.15) is 26.3 Å². The molecule has 23 heavy (non-hydrogen) atoms. The second kappa shape index (κ2) is 5.60. The molecule has 1 aromatic carbocycles. The zero-order valence-electron chi connectivity index (χ0n) is 11.1. The van der Waals surface area contributed by atoms with Gasteiger partial charge in [0.25, 0.3) is 0 Å². The normalized spacial score (nSPS) is 12.4. The van der Waals surface area contributed by atoms with Gasteiger partial charge in [0.1, 0.15) is 0 Å². The average Bonchev–Trinajstić information content (AvgIpc) is 2.40. The van der Waals surface area contributed by atoms with Gasteiger partial charge in [0, 0.05) is 12.5 Å². The molecule has 2 rings (SSSR count). The van der Waals surface area contributed by atoms with Crippen LogP contribution in [0.25, 0.3) is 0 Å². The highest BCUT2D eigenvalue weighted by atomic mass is 19.4. The van der Waals surface area contributed by atoms with E-state index in [2.05, 4.69) is 5.10 Å². The molecule has 0 fully saturated rings. The molecule has 10 heteroatoms. The van der Waals surface area contributed by atoms with Gasteiger partial charge in [-0.25, -0.2) is 0 Å². The lowest BCUT2D eigenvalue weighted by atomic mass is 10.0. The highest BCUT2D eigenvalue weighted by Gasteiger charge is 2.36. The second-order valence-corrected chi connectivity index (χ2v) is 4.66. The number of benzene rings is 1. The van der Waals surface area contributed by atoms with Gasteiger partial charge in [0.15, 0.2) is 0 Å². The molecule has 0 radical (unpaired) electrons. The van der Waals surface area contributed by atoms with Gasteiger partial charge in [0.05, 0.1) is 23.0 Å². The van der Waals surface area contributed by atoms with Crippen molar-refractivity contribution < 1.29 is 31.5 Å². The third-order valence-electron chi connectivity index (χ3n) is 2.89. The first kappa shape index (κ1) is 16.8. The standard InChI is InChI=1S/C13H8F6N2O2/c14-12(15,16)8-1-7(2-9(4-8)13(17,18)19)3-10-5-11(22)6-20-21(10)23/h1-2,4-6,23H,3H2. The molecular formula is C13H8F6N2O2. The number of aromatic nitrogens is 2. The van der Waals surface area contributed by atoms with E-state index in [0.717, 1.165) is 12.3 Å². The van der Waals surface area contributed by atoms with E-state index < -0.39 is 35.3 Å². The highest BCUT2D eigenvalue weighted by molar-refractivity contribution is 5.35. The predicted molar refractivity (Wildman–Crippen MR) is 64.9 cm³/mol. The van der Waals surface area contributed by atoms with Crippen LogP contribution < -0.4 is 5.43 Å². The SMILES string of the molecule is O=c1cnn(O)c(Cc2cc(C(F)(F)F)cc(C(F)(F)F)c2)c1. The van der Waals surface area contributed by atoms with Crippen molar-refractivity contribution >= 4 is 0 Å². The van der Waals surface area contributed by atoms with Crippen LogP contribution in [0.1, 0.15) is 22.4 Å². The van der Waals surface area contributed by atoms with Gasteiger partial charge in [0.2, 0.25) is 5.43 Å². The highest BCUT2D eigenvalue weighted by Crippen LogP contribution is 2.36. The van der Waals surface area contributed by atoms with Crippen molar-refractivity contribution in [3.8, 4) is 0 Å². The molecule has 0 atom stereocenters. The Balaban J connectivity index is 2.53. The average molecular weight is 338 g/mol. The van der Waals surface area contributed by atoms with E-state index in [9.17, 15) is 36.3 Å². The van der Waals surface area contributed by atoms with Gasteiger partial charge in [-0.3, -0.25) is 4.79 Å². The fourth-order valence-electron chi connectivity index (χ4n) is 1.90. The molecule has 2 aromatic rings. The van der Waals surface area contributed by atoms with Crippen molar-refractivity contribution in [3.63, 3.8) is 0 Å². The minimum atomic E-state index is -4.97. The molecule has 0 aliphatic rings. The van der Waals surface area contributed by atoms with Crippen LogP contribution >= 0.6 is 0 Å². The van der Waals surface area contributed by atoms with E-state index in [1.54, 1.807) is 0 Å². The van der Waals surface area contributed by atoms with Crippen LogP contribution in [0.2, 0.25) is 0 Å². The molecule has 1 aromatic heterocycles. The van der Waals surface area contributed by atoms with Crippen LogP contribution in [0.15, 0.2) is 35.3 Å². The van der Waals surface area contributed by atoms with Crippen LogP contribution in [-0.4, -0.2) is 15.2 Å². The van der Waals surface area contributed by atoms with Gasteiger partial charge in [-0.1, -0.05) is 0 Å². The molecule has 4 nitrogen and oxygen atoms in total. The molecule has 0 bridgehead atoms. The number of halogens is 6. The summed E-state index contributed by atoms with van der Waals surface area (Å²) in [6.07, 6.45) is -9.73. The largest absolute Gasteiger partial charge is 0.416 e. The summed E-state index contributed by atoms with van der Waals surface area (Å²) in [5.41, 5.74) is -4.21. The molecule has 0 aliphatic carbocycles. The molecule has 1 N–H and O–H groups in total. The molecule has 0 saturated heterocycles. The van der Waals surface area contributed by atoms with Crippen LogP contribution in [0.4, 0.5) is 26.3 Å². The van der Waals surface area contributed by atoms with Gasteiger partial charge in [-0.15, -0.1) is 9.94 Å². The summed E-state index contributed by atoms with van der Waals surface area (Å²) < 4.78 is 76.4. The fourth-order valence-corrected chi connectivity index (χ4v) is 1.90. The summed E-state index contributed by atoms with van der Waals surface area (Å²) in [4.78, 5) is 11.4. The zero-order chi connectivity index (χ0) is 17.4. The summed E-state index contributed by atoms with van der Waals surface area (Å²) in [6.45, 7) is 0. The maximum Gasteiger partial charge on any atom is 0.416 e. The van der Waals surface area contributed by atoms with Crippen molar-refractivity contribution in [2.24, 2.45) is 0 Å². The van der Waals surface area contributed by atoms with Gasteiger partial charge in [-0.05, 0) is 23.8 Å². The summed E-state index contributed by atoms with van der Waals surface area (Å²) in [7, 11) is 0. The Kier molecular flexibility index (Phi) is 4.10. The zero-order valence-corrected chi connectivity index (χ0v) is 11.1. The predicted octanol–water partition coefficient (Wildman–Crippen LogP) is 3.11. The van der Waals surface area contributed by atoms with Crippen molar-refractivity contribution in [1.82, 2.24) is 9.94 Å². The van der Waals surface area contributed by atoms with Crippen LogP contribution in [0, 0.1) is 0 Å². The van der Waals surface area contributed by atoms with Crippen LogP contribution in [0.3, 0.4) is 0 Å². The minimum absolute atomic E-state index is 0.00122. The van der Waals surface area contributed by atoms with Gasteiger partial charge >= 0.3 is 12.4 Å². The molecule has 1 heterocycles. The Morgan fingerprint density at radius 1 is 0.957 bits per heavy atom. The van der Waals surface area contributed by atoms with E-state index in [-0.39, 0.29) is 22.2 Å². The van der Waals surface area contributed by atoms with Gasteiger partial charge < -0.3 is 5.21 Å². The smallest absolute Gasteiger partial charge is 0.411 e. The fraction of sp³-hybridized carbons (Fsp3) is 0.231. The van der Waals surface area contributed by atoms with Crippen molar-refractivity contribution in [1.29, 1.82) is 0 Å². The first-order valence-electron chi connectivity index (χ1n) is 6.03. The van der Waals surface area contributed by atoms with E-state index >= 15 is 0 Å². The molecule has 0 aliphatic heterocycles. The molecule has 0 unspecified atom stereocenters. The Morgan fingerprint density at radius 2 is 1.48 bits per heavy atom. The monoisotopic (exact) mass is 338 g/mol. The molecule has 0 saturated carbocycles. The van der Waals surface area contributed by atoms with Crippen LogP contribution in [0.5, 0.6) is 0 Å². The van der Waals surface area contributed by atoms with E-state index in [4.69, 9.17) is 0 Å². The maximum absolute atomic E-state index is 12.7. The third kappa shape index (κ3) is 4.02. The second-order valence-electron chi connectivity index (χ2n) is 4.66. The first-order valence-corrected chi connectivity index (χ1v) is 6.03. The van der Waals surface area contributed by atoms with Crippen molar-refractivity contribution in [2.45, 2.75) is 18.8 Å². The molecule has 124 valence electrons. The maximum atomic E-state index is 12.7.